The van der Waals surface area contributed by atoms with Crippen molar-refractivity contribution in [2.75, 3.05) is 26.2 Å². The smallest absolute Gasteiger partial charge is 0.332 e. The van der Waals surface area contributed by atoms with Gasteiger partial charge in [-0.2, -0.15) is 0 Å². The van der Waals surface area contributed by atoms with Gasteiger partial charge in [0.15, 0.2) is 0 Å². The van der Waals surface area contributed by atoms with Crippen LogP contribution in [0.25, 0.3) is 0 Å². The molecule has 1 aliphatic rings. The van der Waals surface area contributed by atoms with Gasteiger partial charge in [-0.1, -0.05) is 65.8 Å². The Labute approximate surface area is 159 Å². The quantitative estimate of drug-likeness (QED) is 0.464. The normalized spacial score (nSPS) is 15.3. The van der Waals surface area contributed by atoms with E-state index in [1.54, 1.807) is 6.08 Å². The van der Waals surface area contributed by atoms with Crippen LogP contribution in [-0.4, -0.2) is 47.9 Å². The second kappa shape index (κ2) is 9.14. The van der Waals surface area contributed by atoms with Crippen molar-refractivity contribution in [1.82, 2.24) is 4.90 Å². The molecule has 27 heavy (non-hydrogen) atoms. The van der Waals surface area contributed by atoms with Crippen LogP contribution in [0, 0.1) is 6.92 Å². The van der Waals surface area contributed by atoms with Gasteiger partial charge in [-0.3, -0.25) is 4.90 Å². The first-order chi connectivity index (χ1) is 13.1. The lowest BCUT2D eigenvalue weighted by molar-refractivity contribution is -0.133. The molecule has 0 atom stereocenters. The maximum absolute atomic E-state index is 11.1. The minimum Gasteiger partial charge on any atom is -0.478 e. The first kappa shape index (κ1) is 18.9. The number of hydrogen-bond donors (Lipinski definition) is 1. The van der Waals surface area contributed by atoms with Crippen molar-refractivity contribution < 1.29 is 14.7 Å². The predicted molar refractivity (Wildman–Crippen MR) is 106 cm³/mol. The summed E-state index contributed by atoms with van der Waals surface area (Å²) in [6.07, 6.45) is 2.55. The van der Waals surface area contributed by atoms with E-state index in [4.69, 9.17) is 9.94 Å². The largest absolute Gasteiger partial charge is 0.478 e. The average molecular weight is 364 g/mol. The van der Waals surface area contributed by atoms with E-state index in [0.717, 1.165) is 35.4 Å². The van der Waals surface area contributed by atoms with Crippen LogP contribution in [0.4, 0.5) is 0 Å². The van der Waals surface area contributed by atoms with Crippen LogP contribution < -0.4 is 0 Å². The van der Waals surface area contributed by atoms with Crippen LogP contribution in [0.2, 0.25) is 0 Å². The third-order valence-electron chi connectivity index (χ3n) is 4.61. The second-order valence-electron chi connectivity index (χ2n) is 6.55. The molecular formula is C22H24N2O3. The van der Waals surface area contributed by atoms with Crippen molar-refractivity contribution in [2.24, 2.45) is 5.16 Å². The van der Waals surface area contributed by atoms with Crippen molar-refractivity contribution in [2.45, 2.75) is 13.3 Å². The number of carboxylic acids is 1. The van der Waals surface area contributed by atoms with E-state index in [-0.39, 0.29) is 0 Å². The summed E-state index contributed by atoms with van der Waals surface area (Å²) in [5.41, 5.74) is 4.43. The fourth-order valence-corrected chi connectivity index (χ4v) is 3.12. The van der Waals surface area contributed by atoms with Gasteiger partial charge in [-0.05, 0) is 18.9 Å². The van der Waals surface area contributed by atoms with Gasteiger partial charge < -0.3 is 9.94 Å². The molecule has 1 N–H and O–H groups in total. The van der Waals surface area contributed by atoms with Gasteiger partial charge in [0, 0.05) is 36.3 Å². The Bertz CT molecular complexity index is 844. The van der Waals surface area contributed by atoms with Crippen molar-refractivity contribution >= 4 is 11.7 Å². The van der Waals surface area contributed by atoms with E-state index in [1.807, 2.05) is 48.5 Å². The third kappa shape index (κ3) is 5.05. The Hall–Kier alpha value is -2.92. The van der Waals surface area contributed by atoms with Gasteiger partial charge in [0.1, 0.15) is 12.3 Å². The van der Waals surface area contributed by atoms with Gasteiger partial charge in [-0.25, -0.2) is 4.79 Å². The molecule has 1 heterocycles. The Kier molecular flexibility index (Phi) is 6.39. The molecule has 5 nitrogen and oxygen atoms in total. The van der Waals surface area contributed by atoms with Crippen molar-refractivity contribution in [3.05, 3.63) is 82.9 Å². The van der Waals surface area contributed by atoms with Crippen LogP contribution in [0.3, 0.4) is 0 Å². The Balaban J connectivity index is 1.67. The average Bonchev–Trinajstić information content (AvgIpc) is 2.70. The minimum atomic E-state index is -0.843. The minimum absolute atomic E-state index is 0.412. The second-order valence-corrected chi connectivity index (χ2v) is 6.55. The molecule has 2 aromatic rings. The van der Waals surface area contributed by atoms with Gasteiger partial charge in [0.2, 0.25) is 0 Å². The first-order valence-electron chi connectivity index (χ1n) is 9.11. The van der Waals surface area contributed by atoms with Crippen molar-refractivity contribution in [3.8, 4) is 0 Å². The number of carbonyl (C=O) groups is 1. The predicted octanol–water partition coefficient (Wildman–Crippen LogP) is 3.48. The van der Waals surface area contributed by atoms with E-state index < -0.39 is 5.97 Å². The fraction of sp³-hybridized carbons (Fsp3) is 0.273. The molecule has 0 spiro atoms. The SMILES string of the molecule is Cc1ccccc1C(=NOCCN1CCC=C(C(=O)O)C1)c1ccccc1. The Morgan fingerprint density at radius 3 is 2.63 bits per heavy atom. The number of carboxylic acid groups (broad SMARTS) is 1. The van der Waals surface area contributed by atoms with E-state index in [9.17, 15) is 4.79 Å². The molecule has 0 fully saturated rings. The Morgan fingerprint density at radius 1 is 1.15 bits per heavy atom. The highest BCUT2D eigenvalue weighted by Gasteiger charge is 2.17. The summed E-state index contributed by atoms with van der Waals surface area (Å²) in [7, 11) is 0. The van der Waals surface area contributed by atoms with Crippen LogP contribution in [0.15, 0.2) is 71.4 Å². The molecule has 0 aliphatic carbocycles. The zero-order chi connectivity index (χ0) is 19.1. The maximum atomic E-state index is 11.1. The van der Waals surface area contributed by atoms with Crippen LogP contribution in [0.1, 0.15) is 23.1 Å². The number of aliphatic carboxylic acids is 1. The lowest BCUT2D eigenvalue weighted by Crippen LogP contribution is -2.34. The number of aryl methyl sites for hydroxylation is 1. The van der Waals surface area contributed by atoms with E-state index >= 15 is 0 Å². The molecule has 0 aromatic heterocycles. The maximum Gasteiger partial charge on any atom is 0.332 e. The van der Waals surface area contributed by atoms with E-state index in [0.29, 0.717) is 25.3 Å². The number of hydrogen-bond acceptors (Lipinski definition) is 4. The molecule has 2 aromatic carbocycles. The zero-order valence-corrected chi connectivity index (χ0v) is 15.5. The molecule has 0 bridgehead atoms. The molecule has 5 heteroatoms. The molecular weight excluding hydrogens is 340 g/mol. The Morgan fingerprint density at radius 2 is 1.89 bits per heavy atom. The summed E-state index contributed by atoms with van der Waals surface area (Å²) in [6, 6.07) is 18.1. The van der Waals surface area contributed by atoms with Crippen LogP contribution >= 0.6 is 0 Å². The van der Waals surface area contributed by atoms with Crippen molar-refractivity contribution in [3.63, 3.8) is 0 Å². The van der Waals surface area contributed by atoms with Crippen LogP contribution in [-0.2, 0) is 9.63 Å². The van der Waals surface area contributed by atoms with Gasteiger partial charge in [-0.15, -0.1) is 0 Å². The molecule has 0 amide bonds. The lowest BCUT2D eigenvalue weighted by atomic mass is 9.98. The molecule has 3 rings (SSSR count). The first-order valence-corrected chi connectivity index (χ1v) is 9.11. The fourth-order valence-electron chi connectivity index (χ4n) is 3.12. The summed E-state index contributed by atoms with van der Waals surface area (Å²) in [4.78, 5) is 18.8. The van der Waals surface area contributed by atoms with Crippen LogP contribution in [0.5, 0.6) is 0 Å². The standard InChI is InChI=1S/C22H24N2O3/c1-17-8-5-6-12-20(17)21(18-9-3-2-4-10-18)23-27-15-14-24-13-7-11-19(16-24)22(25)26/h2-6,8-12H,7,13-16H2,1H3,(H,25,26). The summed E-state index contributed by atoms with van der Waals surface area (Å²) in [5, 5.41) is 13.6. The monoisotopic (exact) mass is 364 g/mol. The zero-order valence-electron chi connectivity index (χ0n) is 15.5. The molecule has 1 aliphatic heterocycles. The highest BCUT2D eigenvalue weighted by atomic mass is 16.6. The highest BCUT2D eigenvalue weighted by molar-refractivity contribution is 6.13. The summed E-state index contributed by atoms with van der Waals surface area (Å²) in [6.45, 7) is 4.40. The third-order valence-corrected chi connectivity index (χ3v) is 4.61. The highest BCUT2D eigenvalue weighted by Crippen LogP contribution is 2.15. The number of rotatable bonds is 7. The molecule has 0 saturated heterocycles. The molecule has 140 valence electrons. The summed E-state index contributed by atoms with van der Waals surface area (Å²) >= 11 is 0. The van der Waals surface area contributed by atoms with Crippen molar-refractivity contribution in [1.29, 1.82) is 0 Å². The molecule has 0 saturated carbocycles. The van der Waals surface area contributed by atoms with Gasteiger partial charge in [0.25, 0.3) is 0 Å². The summed E-state index contributed by atoms with van der Waals surface area (Å²) < 4.78 is 0. The molecule has 0 unspecified atom stereocenters. The van der Waals surface area contributed by atoms with Gasteiger partial charge >= 0.3 is 5.97 Å². The summed E-state index contributed by atoms with van der Waals surface area (Å²) in [5.74, 6) is -0.843. The van der Waals surface area contributed by atoms with Gasteiger partial charge in [0.05, 0.1) is 0 Å². The molecule has 0 radical (unpaired) electrons. The lowest BCUT2D eigenvalue weighted by Gasteiger charge is -2.24. The van der Waals surface area contributed by atoms with E-state index in [2.05, 4.69) is 23.0 Å². The number of oxime groups is 1. The topological polar surface area (TPSA) is 62.1 Å². The number of nitrogens with zero attached hydrogens (tertiary/aromatic N) is 2. The van der Waals surface area contributed by atoms with E-state index in [1.165, 1.54) is 0 Å². The number of benzene rings is 2.